The van der Waals surface area contributed by atoms with Gasteiger partial charge in [-0.15, -0.1) is 0 Å². The summed E-state index contributed by atoms with van der Waals surface area (Å²) in [5.41, 5.74) is 1.41. The van der Waals surface area contributed by atoms with Gasteiger partial charge in [0, 0.05) is 25.5 Å². The molecule has 0 aromatic carbocycles. The second-order valence-electron chi connectivity index (χ2n) is 3.76. The summed E-state index contributed by atoms with van der Waals surface area (Å²) < 4.78 is 0. The third-order valence-electron chi connectivity index (χ3n) is 2.27. The number of anilines is 1. The van der Waals surface area contributed by atoms with Gasteiger partial charge in [-0.25, -0.2) is 9.97 Å². The molecule has 0 aliphatic heterocycles. The van der Waals surface area contributed by atoms with Crippen molar-refractivity contribution in [3.63, 3.8) is 0 Å². The van der Waals surface area contributed by atoms with Crippen LogP contribution >= 0.6 is 0 Å². The number of hydrogen-bond donors (Lipinski definition) is 2. The molecule has 5 heteroatoms. The Balaban J connectivity index is 2.13. The Morgan fingerprint density at radius 2 is 2.12 bits per heavy atom. The van der Waals surface area contributed by atoms with Crippen molar-refractivity contribution in [1.82, 2.24) is 15.0 Å². The van der Waals surface area contributed by atoms with E-state index in [4.69, 9.17) is 5.11 Å². The van der Waals surface area contributed by atoms with Crippen molar-refractivity contribution >= 4 is 17.0 Å². The molecule has 2 rings (SSSR count). The van der Waals surface area contributed by atoms with E-state index in [1.54, 1.807) is 12.4 Å². The molecule has 84 valence electrons. The number of nitrogens with zero attached hydrogens (tertiary/aromatic N) is 3. The summed E-state index contributed by atoms with van der Waals surface area (Å²) in [6, 6.07) is 3.74. The molecule has 0 amide bonds. The zero-order chi connectivity index (χ0) is 11.4. The average molecular weight is 218 g/mol. The Kier molecular flexibility index (Phi) is 3.26. The molecule has 1 unspecified atom stereocenters. The Bertz CT molecular complexity index is 474. The predicted molar refractivity (Wildman–Crippen MR) is 62.1 cm³/mol. The van der Waals surface area contributed by atoms with E-state index in [0.29, 0.717) is 12.2 Å². The van der Waals surface area contributed by atoms with E-state index in [1.807, 2.05) is 19.1 Å². The number of nitrogens with one attached hydrogen (secondary N) is 1. The van der Waals surface area contributed by atoms with E-state index in [2.05, 4.69) is 20.3 Å². The predicted octanol–water partition coefficient (Wildman–Crippen LogP) is 1.07. The normalized spacial score (nSPS) is 12.6. The van der Waals surface area contributed by atoms with Gasteiger partial charge < -0.3 is 10.4 Å². The molecule has 0 aliphatic rings. The molecular formula is C11H14N4O. The molecule has 0 aliphatic carbocycles. The van der Waals surface area contributed by atoms with E-state index in [-0.39, 0.29) is 12.5 Å². The summed E-state index contributed by atoms with van der Waals surface area (Å²) in [6.07, 6.45) is 3.26. The highest BCUT2D eigenvalue weighted by Gasteiger charge is 2.02. The van der Waals surface area contributed by atoms with E-state index in [0.717, 1.165) is 11.3 Å². The number of aliphatic hydroxyl groups excluding tert-OH is 1. The van der Waals surface area contributed by atoms with Gasteiger partial charge in [-0.2, -0.15) is 0 Å². The van der Waals surface area contributed by atoms with Gasteiger partial charge in [-0.3, -0.25) is 4.98 Å². The highest BCUT2D eigenvalue weighted by molar-refractivity contribution is 5.71. The van der Waals surface area contributed by atoms with Crippen LogP contribution < -0.4 is 5.32 Å². The van der Waals surface area contributed by atoms with E-state index < -0.39 is 0 Å². The van der Waals surface area contributed by atoms with Gasteiger partial charge in [-0.1, -0.05) is 6.92 Å². The van der Waals surface area contributed by atoms with Crippen LogP contribution in [-0.2, 0) is 0 Å². The van der Waals surface area contributed by atoms with Crippen molar-refractivity contribution in [1.29, 1.82) is 0 Å². The minimum Gasteiger partial charge on any atom is -0.396 e. The van der Waals surface area contributed by atoms with Gasteiger partial charge in [0.25, 0.3) is 0 Å². The zero-order valence-corrected chi connectivity index (χ0v) is 9.09. The molecule has 0 spiro atoms. The van der Waals surface area contributed by atoms with E-state index in [1.165, 1.54) is 0 Å². The van der Waals surface area contributed by atoms with Gasteiger partial charge >= 0.3 is 0 Å². The van der Waals surface area contributed by atoms with Crippen LogP contribution in [0.5, 0.6) is 0 Å². The quantitative estimate of drug-likeness (QED) is 0.803. The highest BCUT2D eigenvalue weighted by Crippen LogP contribution is 2.10. The maximum absolute atomic E-state index is 8.90. The molecule has 0 fully saturated rings. The van der Waals surface area contributed by atoms with Crippen LogP contribution in [0.15, 0.2) is 24.5 Å². The number of rotatable bonds is 4. The molecule has 2 aromatic heterocycles. The molecule has 5 nitrogen and oxygen atoms in total. The van der Waals surface area contributed by atoms with Gasteiger partial charge in [0.1, 0.15) is 11.3 Å². The molecule has 16 heavy (non-hydrogen) atoms. The van der Waals surface area contributed by atoms with Crippen LogP contribution in [0.1, 0.15) is 6.92 Å². The molecular weight excluding hydrogens is 204 g/mol. The first-order chi connectivity index (χ1) is 7.79. The SMILES string of the molecule is CC(CO)CNc1ccc2nccnc2n1. The Hall–Kier alpha value is -1.75. The van der Waals surface area contributed by atoms with Crippen LogP contribution in [0, 0.1) is 5.92 Å². The van der Waals surface area contributed by atoms with Crippen molar-refractivity contribution in [3.05, 3.63) is 24.5 Å². The molecule has 0 saturated heterocycles. The van der Waals surface area contributed by atoms with E-state index in [9.17, 15) is 0 Å². The molecule has 1 atom stereocenters. The fourth-order valence-corrected chi connectivity index (χ4v) is 1.30. The largest absolute Gasteiger partial charge is 0.396 e. The third kappa shape index (κ3) is 2.43. The number of hydrogen-bond acceptors (Lipinski definition) is 5. The Morgan fingerprint density at radius 1 is 1.31 bits per heavy atom. The smallest absolute Gasteiger partial charge is 0.180 e. The number of pyridine rings is 1. The fourth-order valence-electron chi connectivity index (χ4n) is 1.30. The van der Waals surface area contributed by atoms with Crippen molar-refractivity contribution in [2.24, 2.45) is 5.92 Å². The summed E-state index contributed by atoms with van der Waals surface area (Å²) in [5.74, 6) is 0.965. The lowest BCUT2D eigenvalue weighted by Crippen LogP contribution is -2.15. The topological polar surface area (TPSA) is 70.9 Å². The number of aromatic nitrogens is 3. The molecule has 0 saturated carbocycles. The standard InChI is InChI=1S/C11H14N4O/c1-8(7-16)6-14-10-3-2-9-11(15-10)13-5-4-12-9/h2-5,8,16H,6-7H2,1H3,(H,13,14,15). The van der Waals surface area contributed by atoms with Gasteiger partial charge in [0.05, 0.1) is 0 Å². The molecule has 0 bridgehead atoms. The highest BCUT2D eigenvalue weighted by atomic mass is 16.3. The van der Waals surface area contributed by atoms with E-state index >= 15 is 0 Å². The zero-order valence-electron chi connectivity index (χ0n) is 9.09. The maximum Gasteiger partial charge on any atom is 0.180 e. The van der Waals surface area contributed by atoms with Crippen molar-refractivity contribution in [2.75, 3.05) is 18.5 Å². The molecule has 2 heterocycles. The van der Waals surface area contributed by atoms with Crippen molar-refractivity contribution < 1.29 is 5.11 Å². The first-order valence-electron chi connectivity index (χ1n) is 5.22. The number of aliphatic hydroxyl groups is 1. The summed E-state index contributed by atoms with van der Waals surface area (Å²) in [4.78, 5) is 12.6. The lowest BCUT2D eigenvalue weighted by atomic mass is 10.2. The summed E-state index contributed by atoms with van der Waals surface area (Å²) >= 11 is 0. The molecule has 2 N–H and O–H groups in total. The molecule has 2 aromatic rings. The average Bonchev–Trinajstić information content (AvgIpc) is 2.35. The summed E-state index contributed by atoms with van der Waals surface area (Å²) in [7, 11) is 0. The lowest BCUT2D eigenvalue weighted by molar-refractivity contribution is 0.244. The van der Waals surface area contributed by atoms with Gasteiger partial charge in [0.2, 0.25) is 0 Å². The van der Waals surface area contributed by atoms with Crippen molar-refractivity contribution in [2.45, 2.75) is 6.92 Å². The summed E-state index contributed by atoms with van der Waals surface area (Å²) in [5, 5.41) is 12.1. The fraction of sp³-hybridized carbons (Fsp3) is 0.364. The second-order valence-corrected chi connectivity index (χ2v) is 3.76. The third-order valence-corrected chi connectivity index (χ3v) is 2.27. The second kappa shape index (κ2) is 4.85. The lowest BCUT2D eigenvalue weighted by Gasteiger charge is -2.09. The van der Waals surface area contributed by atoms with Crippen LogP contribution in [0.3, 0.4) is 0 Å². The van der Waals surface area contributed by atoms with Crippen LogP contribution in [0.4, 0.5) is 5.82 Å². The minimum absolute atomic E-state index is 0.167. The van der Waals surface area contributed by atoms with Crippen LogP contribution in [0.2, 0.25) is 0 Å². The maximum atomic E-state index is 8.90. The number of fused-ring (bicyclic) bond motifs is 1. The Labute approximate surface area is 93.6 Å². The van der Waals surface area contributed by atoms with Crippen LogP contribution in [0.25, 0.3) is 11.2 Å². The monoisotopic (exact) mass is 218 g/mol. The Morgan fingerprint density at radius 3 is 2.94 bits per heavy atom. The van der Waals surface area contributed by atoms with Gasteiger partial charge in [-0.05, 0) is 18.1 Å². The van der Waals surface area contributed by atoms with Crippen LogP contribution in [-0.4, -0.2) is 33.2 Å². The first-order valence-corrected chi connectivity index (χ1v) is 5.22. The summed E-state index contributed by atoms with van der Waals surface area (Å²) in [6.45, 7) is 2.82. The van der Waals surface area contributed by atoms with Crippen molar-refractivity contribution in [3.8, 4) is 0 Å². The minimum atomic E-state index is 0.167. The van der Waals surface area contributed by atoms with Gasteiger partial charge in [0.15, 0.2) is 5.65 Å². The molecule has 0 radical (unpaired) electrons. The first kappa shape index (κ1) is 10.8.